The van der Waals surface area contributed by atoms with E-state index in [1.807, 2.05) is 12.1 Å². The van der Waals surface area contributed by atoms with Crippen LogP contribution in [0, 0.1) is 5.92 Å². The second-order valence-corrected chi connectivity index (χ2v) is 8.45. The second kappa shape index (κ2) is 7.53. The summed E-state index contributed by atoms with van der Waals surface area (Å²) in [5.41, 5.74) is 0.660. The largest absolute Gasteiger partial charge is 0.369 e. The van der Waals surface area contributed by atoms with Gasteiger partial charge in [-0.15, -0.1) is 0 Å². The number of fused-ring (bicyclic) bond motifs is 1. The molecule has 1 aliphatic rings. The van der Waals surface area contributed by atoms with E-state index < -0.39 is 10.0 Å². The molecule has 8 nitrogen and oxygen atoms in total. The molecular formula is C18H20N6O2S. The third-order valence-corrected chi connectivity index (χ3v) is 6.69. The molecule has 1 fully saturated rings. The summed E-state index contributed by atoms with van der Waals surface area (Å²) in [6.45, 7) is 1.76. The number of sulfonamides is 1. The number of aromatic nitrogens is 4. The van der Waals surface area contributed by atoms with E-state index in [-0.39, 0.29) is 4.90 Å². The predicted octanol–water partition coefficient (Wildman–Crippen LogP) is 1.93. The molecule has 0 atom stereocenters. The number of hydrogen-bond donors (Lipinski definition) is 1. The van der Waals surface area contributed by atoms with Gasteiger partial charge in [-0.2, -0.15) is 4.31 Å². The lowest BCUT2D eigenvalue weighted by Gasteiger charge is -2.31. The van der Waals surface area contributed by atoms with Crippen molar-refractivity contribution in [2.45, 2.75) is 17.7 Å². The van der Waals surface area contributed by atoms with Crippen molar-refractivity contribution in [3.63, 3.8) is 0 Å². The predicted molar refractivity (Wildman–Crippen MR) is 102 cm³/mol. The number of nitrogens with zero attached hydrogens (tertiary/aromatic N) is 5. The van der Waals surface area contributed by atoms with Gasteiger partial charge in [0.25, 0.3) is 0 Å². The van der Waals surface area contributed by atoms with Crippen molar-refractivity contribution in [1.82, 2.24) is 24.2 Å². The molecule has 0 aromatic carbocycles. The summed E-state index contributed by atoms with van der Waals surface area (Å²) in [7, 11) is -3.46. The van der Waals surface area contributed by atoms with Crippen molar-refractivity contribution < 1.29 is 8.42 Å². The Kier molecular flexibility index (Phi) is 4.95. The van der Waals surface area contributed by atoms with Crippen LogP contribution in [0.15, 0.2) is 54.1 Å². The highest BCUT2D eigenvalue weighted by Crippen LogP contribution is 2.24. The number of hydrogen-bond acceptors (Lipinski definition) is 7. The van der Waals surface area contributed by atoms with Gasteiger partial charge in [0.05, 0.1) is 5.39 Å². The zero-order valence-corrected chi connectivity index (χ0v) is 15.5. The average Bonchev–Trinajstić information content (AvgIpc) is 2.73. The standard InChI is InChI=1S/C18H20N6O2S/c25-27(26,15-3-1-7-19-12-15)24-9-5-14(6-10-24)11-21-18-16-4-2-8-20-17(16)22-13-23-18/h1-4,7-8,12-14H,5-6,9-11H2,(H,20,21,22,23). The van der Waals surface area contributed by atoms with Crippen LogP contribution in [0.2, 0.25) is 0 Å². The first-order valence-electron chi connectivity index (χ1n) is 8.84. The SMILES string of the molecule is O=S(=O)(c1cccnc1)N1CCC(CNc2ncnc3ncccc23)CC1. The monoisotopic (exact) mass is 384 g/mol. The fourth-order valence-corrected chi connectivity index (χ4v) is 4.71. The van der Waals surface area contributed by atoms with Crippen LogP contribution >= 0.6 is 0 Å². The highest BCUT2D eigenvalue weighted by atomic mass is 32.2. The summed E-state index contributed by atoms with van der Waals surface area (Å²) in [5, 5.41) is 4.26. The Morgan fingerprint density at radius 1 is 1.07 bits per heavy atom. The van der Waals surface area contributed by atoms with Gasteiger partial charge in [-0.05, 0) is 43.0 Å². The fraction of sp³-hybridized carbons (Fsp3) is 0.333. The van der Waals surface area contributed by atoms with Crippen LogP contribution in [0.3, 0.4) is 0 Å². The minimum Gasteiger partial charge on any atom is -0.369 e. The first-order valence-corrected chi connectivity index (χ1v) is 10.3. The van der Waals surface area contributed by atoms with E-state index in [4.69, 9.17) is 0 Å². The van der Waals surface area contributed by atoms with Gasteiger partial charge in [0.15, 0.2) is 5.65 Å². The molecule has 0 radical (unpaired) electrons. The molecule has 0 saturated carbocycles. The second-order valence-electron chi connectivity index (χ2n) is 6.51. The van der Waals surface area contributed by atoms with Crippen LogP contribution in [0.4, 0.5) is 5.82 Å². The van der Waals surface area contributed by atoms with E-state index in [0.717, 1.165) is 30.6 Å². The molecule has 1 saturated heterocycles. The maximum Gasteiger partial charge on any atom is 0.244 e. The Labute approximate surface area is 157 Å². The quantitative estimate of drug-likeness (QED) is 0.717. The Balaban J connectivity index is 1.37. The van der Waals surface area contributed by atoms with E-state index in [2.05, 4.69) is 25.3 Å². The lowest BCUT2D eigenvalue weighted by Crippen LogP contribution is -2.39. The Bertz CT molecular complexity index is 1010. The van der Waals surface area contributed by atoms with Crippen LogP contribution in [0.1, 0.15) is 12.8 Å². The first kappa shape index (κ1) is 17.7. The van der Waals surface area contributed by atoms with Crippen molar-refractivity contribution in [2.24, 2.45) is 5.92 Å². The molecule has 1 N–H and O–H groups in total. The van der Waals surface area contributed by atoms with Crippen molar-refractivity contribution in [3.8, 4) is 0 Å². The highest BCUT2D eigenvalue weighted by molar-refractivity contribution is 7.89. The molecule has 0 bridgehead atoms. The molecule has 0 amide bonds. The molecule has 140 valence electrons. The normalized spacial score (nSPS) is 16.4. The zero-order chi connectivity index (χ0) is 18.7. The van der Waals surface area contributed by atoms with Crippen LogP contribution in [-0.2, 0) is 10.0 Å². The lowest BCUT2D eigenvalue weighted by molar-refractivity contribution is 0.282. The van der Waals surface area contributed by atoms with Gasteiger partial charge in [-0.1, -0.05) is 0 Å². The molecular weight excluding hydrogens is 364 g/mol. The summed E-state index contributed by atoms with van der Waals surface area (Å²) in [6.07, 6.45) is 7.78. The van der Waals surface area contributed by atoms with Crippen LogP contribution in [-0.4, -0.2) is 52.3 Å². The zero-order valence-electron chi connectivity index (χ0n) is 14.7. The van der Waals surface area contributed by atoms with E-state index in [1.165, 1.54) is 12.5 Å². The molecule has 0 spiro atoms. The molecule has 3 aromatic rings. The summed E-state index contributed by atoms with van der Waals surface area (Å²) in [4.78, 5) is 16.9. The van der Waals surface area contributed by atoms with Gasteiger partial charge in [-0.25, -0.2) is 23.4 Å². The molecule has 1 aliphatic heterocycles. The Morgan fingerprint density at radius 2 is 1.89 bits per heavy atom. The van der Waals surface area contributed by atoms with Gasteiger partial charge >= 0.3 is 0 Å². The number of pyridine rings is 2. The summed E-state index contributed by atoms with van der Waals surface area (Å²) in [5.74, 6) is 1.14. The summed E-state index contributed by atoms with van der Waals surface area (Å²) < 4.78 is 26.9. The number of rotatable bonds is 5. The number of nitrogens with one attached hydrogen (secondary N) is 1. The average molecular weight is 384 g/mol. The lowest BCUT2D eigenvalue weighted by atomic mass is 9.98. The molecule has 0 aliphatic carbocycles. The third kappa shape index (κ3) is 3.74. The fourth-order valence-electron chi connectivity index (χ4n) is 3.28. The van der Waals surface area contributed by atoms with Gasteiger partial charge in [0.2, 0.25) is 10.0 Å². The van der Waals surface area contributed by atoms with Gasteiger partial charge in [-0.3, -0.25) is 4.98 Å². The van der Waals surface area contributed by atoms with E-state index in [1.54, 1.807) is 28.8 Å². The minimum absolute atomic E-state index is 0.251. The number of anilines is 1. The molecule has 9 heteroatoms. The van der Waals surface area contributed by atoms with Crippen LogP contribution in [0.25, 0.3) is 11.0 Å². The molecule has 27 heavy (non-hydrogen) atoms. The van der Waals surface area contributed by atoms with Crippen molar-refractivity contribution in [2.75, 3.05) is 25.0 Å². The highest BCUT2D eigenvalue weighted by Gasteiger charge is 2.29. The maximum atomic E-state index is 12.7. The van der Waals surface area contributed by atoms with Crippen LogP contribution in [0.5, 0.6) is 0 Å². The van der Waals surface area contributed by atoms with E-state index >= 15 is 0 Å². The topological polar surface area (TPSA) is 101 Å². The molecule has 4 heterocycles. The van der Waals surface area contributed by atoms with E-state index in [0.29, 0.717) is 24.7 Å². The van der Waals surface area contributed by atoms with Gasteiger partial charge in [0, 0.05) is 38.2 Å². The van der Waals surface area contributed by atoms with Crippen LogP contribution < -0.4 is 5.32 Å². The summed E-state index contributed by atoms with van der Waals surface area (Å²) >= 11 is 0. The van der Waals surface area contributed by atoms with Crippen molar-refractivity contribution in [3.05, 3.63) is 49.2 Å². The molecule has 4 rings (SSSR count). The number of piperidine rings is 1. The summed E-state index contributed by atoms with van der Waals surface area (Å²) in [6, 6.07) is 7.03. The van der Waals surface area contributed by atoms with Crippen molar-refractivity contribution in [1.29, 1.82) is 0 Å². The molecule has 0 unspecified atom stereocenters. The van der Waals surface area contributed by atoms with Gasteiger partial charge in [0.1, 0.15) is 17.0 Å². The van der Waals surface area contributed by atoms with Gasteiger partial charge < -0.3 is 5.32 Å². The van der Waals surface area contributed by atoms with Crippen molar-refractivity contribution >= 4 is 26.9 Å². The third-order valence-electron chi connectivity index (χ3n) is 4.81. The first-order chi connectivity index (χ1) is 13.1. The smallest absolute Gasteiger partial charge is 0.244 e. The molecule has 3 aromatic heterocycles. The maximum absolute atomic E-state index is 12.7. The Hall–Kier alpha value is -2.65. The van der Waals surface area contributed by atoms with E-state index in [9.17, 15) is 8.42 Å². The minimum atomic E-state index is -3.46. The Morgan fingerprint density at radius 3 is 2.67 bits per heavy atom.